The van der Waals surface area contributed by atoms with Gasteiger partial charge in [0.2, 0.25) is 0 Å². The van der Waals surface area contributed by atoms with Crippen LogP contribution in [-0.2, 0) is 19.7 Å². The van der Waals surface area contributed by atoms with Crippen molar-refractivity contribution >= 4 is 0 Å². The summed E-state index contributed by atoms with van der Waals surface area (Å²) >= 11 is 0. The number of ether oxygens (including phenoxy) is 1. The highest BCUT2D eigenvalue weighted by molar-refractivity contribution is 5.25. The Bertz CT molecular complexity index is 1030. The largest absolute Gasteiger partial charge is 0.489 e. The molecule has 30 heavy (non-hydrogen) atoms. The average molecular weight is 410 g/mol. The maximum atomic E-state index is 14.7. The molecule has 3 aromatic rings. The lowest BCUT2D eigenvalue weighted by molar-refractivity contribution is 0.292. The van der Waals surface area contributed by atoms with E-state index in [1.54, 1.807) is 30.3 Å². The van der Waals surface area contributed by atoms with Crippen LogP contribution in [0, 0.1) is 5.82 Å². The lowest BCUT2D eigenvalue weighted by Crippen LogP contribution is -2.21. The van der Waals surface area contributed by atoms with Gasteiger partial charge in [-0.1, -0.05) is 36.4 Å². The van der Waals surface area contributed by atoms with Gasteiger partial charge in [-0.3, -0.25) is 4.79 Å². The van der Waals surface area contributed by atoms with Crippen LogP contribution in [0.2, 0.25) is 0 Å². The molecule has 6 heteroatoms. The zero-order valence-corrected chi connectivity index (χ0v) is 16.6. The molecular weight excluding hydrogens is 386 g/mol. The van der Waals surface area contributed by atoms with Crippen molar-refractivity contribution < 1.29 is 13.5 Å². The Morgan fingerprint density at radius 1 is 1.03 bits per heavy atom. The topological polar surface area (TPSA) is 43.3 Å². The summed E-state index contributed by atoms with van der Waals surface area (Å²) in [7, 11) is 0. The molecule has 1 heterocycles. The second-order valence-corrected chi connectivity index (χ2v) is 7.63. The van der Waals surface area contributed by atoms with E-state index in [0.717, 1.165) is 17.7 Å². The van der Waals surface area contributed by atoms with Crippen molar-refractivity contribution in [3.05, 3.63) is 99.7 Å². The molecule has 1 aliphatic rings. The molecule has 0 spiro atoms. The number of nitrogens with zero attached hydrogens (tertiary/aromatic N) is 1. The van der Waals surface area contributed by atoms with Gasteiger partial charge in [0.25, 0.3) is 5.56 Å². The smallest absolute Gasteiger partial charge is 0.254 e. The monoisotopic (exact) mass is 410 g/mol. The van der Waals surface area contributed by atoms with E-state index >= 15 is 0 Å². The zero-order valence-electron chi connectivity index (χ0n) is 16.6. The molecule has 0 radical (unpaired) electrons. The van der Waals surface area contributed by atoms with Gasteiger partial charge in [-0.2, -0.15) is 0 Å². The van der Waals surface area contributed by atoms with Gasteiger partial charge in [0, 0.05) is 24.8 Å². The van der Waals surface area contributed by atoms with Crippen molar-refractivity contribution in [2.75, 3.05) is 0 Å². The molecular formula is C24H24F2N2O2. The summed E-state index contributed by atoms with van der Waals surface area (Å²) in [4.78, 5) is 12.3. The minimum Gasteiger partial charge on any atom is -0.489 e. The molecule has 0 amide bonds. The molecule has 1 fully saturated rings. The fourth-order valence-corrected chi connectivity index (χ4v) is 3.15. The van der Waals surface area contributed by atoms with Gasteiger partial charge < -0.3 is 14.6 Å². The SMILES string of the molecule is O=c1cc(OCc2ccc(F)cc2)ccn1CC(F)c1ccc(CNC2CC2)cc1. The van der Waals surface area contributed by atoms with Gasteiger partial charge in [-0.25, -0.2) is 8.78 Å². The number of rotatable bonds is 9. The van der Waals surface area contributed by atoms with Crippen LogP contribution in [-0.4, -0.2) is 10.6 Å². The first-order valence-corrected chi connectivity index (χ1v) is 10.1. The number of aromatic nitrogens is 1. The number of benzene rings is 2. The van der Waals surface area contributed by atoms with Crippen molar-refractivity contribution in [1.82, 2.24) is 9.88 Å². The normalized spacial score (nSPS) is 14.5. The van der Waals surface area contributed by atoms with Crippen LogP contribution in [0.4, 0.5) is 8.78 Å². The molecule has 156 valence electrons. The Kier molecular flexibility index (Phi) is 6.23. The molecule has 1 aromatic heterocycles. The number of alkyl halides is 1. The Morgan fingerprint density at radius 3 is 2.40 bits per heavy atom. The highest BCUT2D eigenvalue weighted by Gasteiger charge is 2.20. The van der Waals surface area contributed by atoms with Crippen molar-refractivity contribution in [3.63, 3.8) is 0 Å². The Hall–Kier alpha value is -2.99. The number of pyridine rings is 1. The first kappa shape index (κ1) is 20.3. The molecule has 4 nitrogen and oxygen atoms in total. The van der Waals surface area contributed by atoms with E-state index in [0.29, 0.717) is 17.4 Å². The van der Waals surface area contributed by atoms with E-state index in [4.69, 9.17) is 4.74 Å². The van der Waals surface area contributed by atoms with Gasteiger partial charge in [-0.15, -0.1) is 0 Å². The van der Waals surface area contributed by atoms with E-state index in [-0.39, 0.29) is 24.5 Å². The van der Waals surface area contributed by atoms with Crippen LogP contribution in [0.1, 0.15) is 35.7 Å². The Morgan fingerprint density at radius 2 is 1.73 bits per heavy atom. The molecule has 0 bridgehead atoms. The third-order valence-electron chi connectivity index (χ3n) is 5.16. The van der Waals surface area contributed by atoms with Gasteiger partial charge in [0.15, 0.2) is 0 Å². The summed E-state index contributed by atoms with van der Waals surface area (Å²) in [5, 5.41) is 3.43. The Balaban J connectivity index is 1.33. The van der Waals surface area contributed by atoms with Crippen LogP contribution in [0.3, 0.4) is 0 Å². The number of nitrogens with one attached hydrogen (secondary N) is 1. The summed E-state index contributed by atoms with van der Waals surface area (Å²) in [6.07, 6.45) is 2.72. The van der Waals surface area contributed by atoms with Crippen LogP contribution in [0.15, 0.2) is 71.7 Å². The second kappa shape index (κ2) is 9.22. The van der Waals surface area contributed by atoms with Crippen molar-refractivity contribution in [1.29, 1.82) is 0 Å². The van der Waals surface area contributed by atoms with Crippen LogP contribution < -0.4 is 15.6 Å². The van der Waals surface area contributed by atoms with Crippen molar-refractivity contribution in [3.8, 4) is 5.75 Å². The number of hydrogen-bond acceptors (Lipinski definition) is 3. The first-order valence-electron chi connectivity index (χ1n) is 10.1. The Labute approximate surface area is 174 Å². The van der Waals surface area contributed by atoms with E-state index in [2.05, 4.69) is 5.32 Å². The highest BCUT2D eigenvalue weighted by atomic mass is 19.1. The second-order valence-electron chi connectivity index (χ2n) is 7.63. The van der Waals surface area contributed by atoms with E-state index in [1.165, 1.54) is 41.8 Å². The van der Waals surface area contributed by atoms with Gasteiger partial charge in [0.05, 0.1) is 6.54 Å². The fourth-order valence-electron chi connectivity index (χ4n) is 3.15. The predicted octanol–water partition coefficient (Wildman–Crippen LogP) is 4.53. The lowest BCUT2D eigenvalue weighted by Gasteiger charge is -2.13. The van der Waals surface area contributed by atoms with E-state index in [1.807, 2.05) is 12.1 Å². The number of hydrogen-bond donors (Lipinski definition) is 1. The summed E-state index contributed by atoms with van der Waals surface area (Å²) in [6, 6.07) is 17.0. The molecule has 1 N–H and O–H groups in total. The lowest BCUT2D eigenvalue weighted by atomic mass is 10.1. The van der Waals surface area contributed by atoms with Gasteiger partial charge in [-0.05, 0) is 47.7 Å². The van der Waals surface area contributed by atoms with Crippen molar-refractivity contribution in [2.45, 2.75) is 44.8 Å². The van der Waals surface area contributed by atoms with Crippen molar-refractivity contribution in [2.24, 2.45) is 0 Å². The highest BCUT2D eigenvalue weighted by Crippen LogP contribution is 2.22. The zero-order chi connectivity index (χ0) is 20.9. The van der Waals surface area contributed by atoms with E-state index < -0.39 is 6.17 Å². The van der Waals surface area contributed by atoms with Crippen LogP contribution >= 0.6 is 0 Å². The molecule has 1 aliphatic carbocycles. The third kappa shape index (κ3) is 5.54. The molecule has 0 aliphatic heterocycles. The minimum atomic E-state index is -1.28. The molecule has 4 rings (SSSR count). The van der Waals surface area contributed by atoms with Gasteiger partial charge in [0.1, 0.15) is 24.3 Å². The predicted molar refractivity (Wildman–Crippen MR) is 112 cm³/mol. The quantitative estimate of drug-likeness (QED) is 0.564. The summed E-state index contributed by atoms with van der Waals surface area (Å²) < 4.78 is 34.6. The van der Waals surface area contributed by atoms with Crippen LogP contribution in [0.25, 0.3) is 0 Å². The summed E-state index contributed by atoms with van der Waals surface area (Å²) in [6.45, 7) is 0.953. The third-order valence-corrected chi connectivity index (χ3v) is 5.16. The summed E-state index contributed by atoms with van der Waals surface area (Å²) in [5.41, 5.74) is 2.13. The molecule has 1 unspecified atom stereocenters. The van der Waals surface area contributed by atoms with Gasteiger partial charge >= 0.3 is 0 Å². The maximum Gasteiger partial charge on any atom is 0.254 e. The molecule has 2 aromatic carbocycles. The van der Waals surface area contributed by atoms with E-state index in [9.17, 15) is 13.6 Å². The standard InChI is InChI=1S/C24H24F2N2O2/c25-20-7-3-18(4-8-20)16-30-22-11-12-28(24(29)13-22)15-23(26)19-5-1-17(2-6-19)14-27-21-9-10-21/h1-8,11-13,21,23,27H,9-10,14-16H2. The molecule has 1 saturated carbocycles. The minimum absolute atomic E-state index is 0.0588. The van der Waals surface area contributed by atoms with Crippen LogP contribution in [0.5, 0.6) is 5.75 Å². The fraction of sp³-hybridized carbons (Fsp3) is 0.292. The first-order chi connectivity index (χ1) is 14.6. The summed E-state index contributed by atoms with van der Waals surface area (Å²) in [5.74, 6) is 0.0789. The molecule has 1 atom stereocenters. The molecule has 0 saturated heterocycles. The maximum absolute atomic E-state index is 14.7. The number of halogens is 2. The average Bonchev–Trinajstić information content (AvgIpc) is 3.58.